The zero-order chi connectivity index (χ0) is 13.0. The quantitative estimate of drug-likeness (QED) is 0.860. The second-order valence-corrected chi connectivity index (χ2v) is 4.46. The fourth-order valence-electron chi connectivity index (χ4n) is 2.13. The molecule has 0 aliphatic carbocycles. The third kappa shape index (κ3) is 3.26. The summed E-state index contributed by atoms with van der Waals surface area (Å²) in [7, 11) is 0. The van der Waals surface area contributed by atoms with Crippen LogP contribution in [0.1, 0.15) is 29.6 Å². The molecule has 98 valence electrons. The van der Waals surface area contributed by atoms with Crippen LogP contribution in [0.4, 0.5) is 8.78 Å². The highest BCUT2D eigenvalue weighted by atomic mass is 19.1. The van der Waals surface area contributed by atoms with Crippen LogP contribution in [0.2, 0.25) is 0 Å². The van der Waals surface area contributed by atoms with Crippen LogP contribution in [0.3, 0.4) is 0 Å². The van der Waals surface area contributed by atoms with Gasteiger partial charge in [-0.3, -0.25) is 4.79 Å². The highest BCUT2D eigenvalue weighted by molar-refractivity contribution is 5.94. The maximum Gasteiger partial charge on any atom is 0.254 e. The molecule has 2 N–H and O–H groups in total. The normalized spacial score (nSPS) is 18.9. The molecule has 1 saturated heterocycles. The summed E-state index contributed by atoms with van der Waals surface area (Å²) >= 11 is 0. The van der Waals surface area contributed by atoms with E-state index in [1.807, 2.05) is 0 Å². The Morgan fingerprint density at radius 3 is 2.94 bits per heavy atom. The molecule has 2 rings (SSSR count). The minimum Gasteiger partial charge on any atom is -0.352 e. The summed E-state index contributed by atoms with van der Waals surface area (Å²) in [6, 6.07) is 3.39. The van der Waals surface area contributed by atoms with Gasteiger partial charge in [-0.25, -0.2) is 8.78 Å². The van der Waals surface area contributed by atoms with E-state index in [4.69, 9.17) is 0 Å². The fraction of sp³-hybridized carbons (Fsp3) is 0.462. The van der Waals surface area contributed by atoms with Crippen LogP contribution in [-0.4, -0.2) is 25.0 Å². The highest BCUT2D eigenvalue weighted by Gasteiger charge is 2.15. The Bertz CT molecular complexity index is 431. The molecule has 0 saturated carbocycles. The van der Waals surface area contributed by atoms with E-state index in [0.717, 1.165) is 37.9 Å². The Hall–Kier alpha value is -1.49. The lowest BCUT2D eigenvalue weighted by atomic mass is 10.1. The average Bonchev–Trinajstić information content (AvgIpc) is 2.81. The van der Waals surface area contributed by atoms with Crippen LogP contribution in [0.5, 0.6) is 0 Å². The highest BCUT2D eigenvalue weighted by Crippen LogP contribution is 2.10. The van der Waals surface area contributed by atoms with Crippen LogP contribution in [0.15, 0.2) is 18.2 Å². The van der Waals surface area contributed by atoms with Gasteiger partial charge in [-0.2, -0.15) is 0 Å². The Kier molecular flexibility index (Phi) is 4.25. The van der Waals surface area contributed by atoms with Gasteiger partial charge in [0.05, 0.1) is 5.56 Å². The van der Waals surface area contributed by atoms with Gasteiger partial charge >= 0.3 is 0 Å². The average molecular weight is 254 g/mol. The van der Waals surface area contributed by atoms with Crippen molar-refractivity contribution in [3.05, 3.63) is 35.4 Å². The third-order valence-corrected chi connectivity index (χ3v) is 3.12. The van der Waals surface area contributed by atoms with Crippen LogP contribution in [0.25, 0.3) is 0 Å². The lowest BCUT2D eigenvalue weighted by Gasteiger charge is -2.11. The van der Waals surface area contributed by atoms with Crippen molar-refractivity contribution in [3.63, 3.8) is 0 Å². The monoisotopic (exact) mass is 254 g/mol. The van der Waals surface area contributed by atoms with E-state index >= 15 is 0 Å². The molecule has 0 radical (unpaired) electrons. The number of carbonyl (C=O) groups excluding carboxylic acids is 1. The predicted octanol–water partition coefficient (Wildman–Crippen LogP) is 1.84. The Morgan fingerprint density at radius 2 is 2.28 bits per heavy atom. The maximum absolute atomic E-state index is 13.3. The summed E-state index contributed by atoms with van der Waals surface area (Å²) < 4.78 is 26.0. The summed E-state index contributed by atoms with van der Waals surface area (Å²) in [6.07, 6.45) is 3.10. The summed E-state index contributed by atoms with van der Waals surface area (Å²) in [6.45, 7) is 1.51. The minimum absolute atomic E-state index is 0.115. The van der Waals surface area contributed by atoms with E-state index in [2.05, 4.69) is 10.6 Å². The van der Waals surface area contributed by atoms with Gasteiger partial charge in [-0.15, -0.1) is 0 Å². The van der Waals surface area contributed by atoms with Gasteiger partial charge in [0.2, 0.25) is 0 Å². The van der Waals surface area contributed by atoms with E-state index in [1.165, 1.54) is 0 Å². The molecule has 1 atom stereocenters. The van der Waals surface area contributed by atoms with Gasteiger partial charge in [-0.1, -0.05) is 0 Å². The Labute approximate surface area is 105 Å². The zero-order valence-corrected chi connectivity index (χ0v) is 10.0. The molecule has 1 unspecified atom stereocenters. The van der Waals surface area contributed by atoms with Crippen molar-refractivity contribution in [2.75, 3.05) is 13.1 Å². The molecule has 0 spiro atoms. The number of rotatable bonds is 4. The topological polar surface area (TPSA) is 41.1 Å². The van der Waals surface area contributed by atoms with Gasteiger partial charge < -0.3 is 10.6 Å². The molecule has 1 aliphatic heterocycles. The standard InChI is InChI=1S/C13H16F2N2O/c14-9-3-4-11(12(15)8-9)13(18)17-7-5-10-2-1-6-16-10/h3-4,8,10,16H,1-2,5-7H2,(H,17,18). The molecule has 1 aromatic carbocycles. The van der Waals surface area contributed by atoms with Crippen molar-refractivity contribution in [1.29, 1.82) is 0 Å². The molecule has 1 aromatic rings. The molecule has 3 nitrogen and oxygen atoms in total. The zero-order valence-electron chi connectivity index (χ0n) is 10.0. The molecule has 5 heteroatoms. The molecule has 0 bridgehead atoms. The van der Waals surface area contributed by atoms with E-state index in [0.29, 0.717) is 18.7 Å². The number of halogens is 2. The smallest absolute Gasteiger partial charge is 0.254 e. The third-order valence-electron chi connectivity index (χ3n) is 3.12. The second kappa shape index (κ2) is 5.91. The summed E-state index contributed by atoms with van der Waals surface area (Å²) in [5, 5.41) is 5.96. The molecular formula is C13H16F2N2O. The minimum atomic E-state index is -0.827. The molecule has 1 fully saturated rings. The number of nitrogens with one attached hydrogen (secondary N) is 2. The molecular weight excluding hydrogens is 238 g/mol. The summed E-state index contributed by atoms with van der Waals surface area (Å²) in [4.78, 5) is 11.7. The van der Waals surface area contributed by atoms with Gasteiger partial charge in [0.1, 0.15) is 11.6 Å². The van der Waals surface area contributed by atoms with Gasteiger partial charge in [-0.05, 0) is 37.9 Å². The first-order valence-electron chi connectivity index (χ1n) is 6.13. The van der Waals surface area contributed by atoms with Crippen molar-refractivity contribution >= 4 is 5.91 Å². The SMILES string of the molecule is O=C(NCCC1CCCN1)c1ccc(F)cc1F. The lowest BCUT2D eigenvalue weighted by molar-refractivity contribution is 0.0948. The number of hydrogen-bond acceptors (Lipinski definition) is 2. The van der Waals surface area contributed by atoms with Gasteiger partial charge in [0.25, 0.3) is 5.91 Å². The first kappa shape index (κ1) is 13.0. The van der Waals surface area contributed by atoms with Crippen LogP contribution in [-0.2, 0) is 0 Å². The Morgan fingerprint density at radius 1 is 1.44 bits per heavy atom. The van der Waals surface area contributed by atoms with Crippen LogP contribution < -0.4 is 10.6 Å². The first-order chi connectivity index (χ1) is 8.66. The van der Waals surface area contributed by atoms with E-state index in [-0.39, 0.29) is 5.56 Å². The maximum atomic E-state index is 13.3. The van der Waals surface area contributed by atoms with Crippen molar-refractivity contribution in [3.8, 4) is 0 Å². The summed E-state index contributed by atoms with van der Waals surface area (Å²) in [5.41, 5.74) is -0.115. The number of amides is 1. The second-order valence-electron chi connectivity index (χ2n) is 4.46. The van der Waals surface area contributed by atoms with Crippen molar-refractivity contribution < 1.29 is 13.6 Å². The van der Waals surface area contributed by atoms with E-state index in [9.17, 15) is 13.6 Å². The van der Waals surface area contributed by atoms with Gasteiger partial charge in [0, 0.05) is 18.7 Å². The number of carbonyl (C=O) groups is 1. The number of hydrogen-bond donors (Lipinski definition) is 2. The molecule has 0 aromatic heterocycles. The van der Waals surface area contributed by atoms with Crippen molar-refractivity contribution in [1.82, 2.24) is 10.6 Å². The fourth-order valence-corrected chi connectivity index (χ4v) is 2.13. The molecule has 1 amide bonds. The first-order valence-corrected chi connectivity index (χ1v) is 6.13. The molecule has 1 heterocycles. The predicted molar refractivity (Wildman–Crippen MR) is 64.3 cm³/mol. The van der Waals surface area contributed by atoms with Crippen molar-refractivity contribution in [2.24, 2.45) is 0 Å². The largest absolute Gasteiger partial charge is 0.352 e. The van der Waals surface area contributed by atoms with Crippen LogP contribution in [0, 0.1) is 11.6 Å². The summed E-state index contributed by atoms with van der Waals surface area (Å²) in [5.74, 6) is -2.00. The lowest BCUT2D eigenvalue weighted by Crippen LogP contribution is -2.31. The number of benzene rings is 1. The van der Waals surface area contributed by atoms with Crippen LogP contribution >= 0.6 is 0 Å². The van der Waals surface area contributed by atoms with E-state index < -0.39 is 17.5 Å². The molecule has 18 heavy (non-hydrogen) atoms. The van der Waals surface area contributed by atoms with Gasteiger partial charge in [0.15, 0.2) is 0 Å². The Balaban J connectivity index is 1.83. The van der Waals surface area contributed by atoms with Crippen molar-refractivity contribution in [2.45, 2.75) is 25.3 Å². The molecule has 1 aliphatic rings. The van der Waals surface area contributed by atoms with E-state index in [1.54, 1.807) is 0 Å².